The summed E-state index contributed by atoms with van der Waals surface area (Å²) >= 11 is 0. The zero-order valence-electron chi connectivity index (χ0n) is 21.2. The molecule has 0 N–H and O–H groups in total. The summed E-state index contributed by atoms with van der Waals surface area (Å²) in [7, 11) is 0. The molecule has 0 aliphatic carbocycles. The summed E-state index contributed by atoms with van der Waals surface area (Å²) in [6.07, 6.45) is 0.121. The van der Waals surface area contributed by atoms with E-state index in [1.807, 2.05) is 17.0 Å². The van der Waals surface area contributed by atoms with E-state index in [1.54, 1.807) is 6.07 Å². The van der Waals surface area contributed by atoms with Gasteiger partial charge in [-0.05, 0) is 31.5 Å². The average Bonchev–Trinajstić information content (AvgIpc) is 3.33. The molecule has 0 saturated carbocycles. The Bertz CT molecular complexity index is 953. The van der Waals surface area contributed by atoms with Crippen molar-refractivity contribution in [1.82, 2.24) is 4.90 Å². The second-order valence-corrected chi connectivity index (χ2v) is 8.24. The Labute approximate surface area is 215 Å². The Kier molecular flexibility index (Phi) is 12.1. The zero-order valence-corrected chi connectivity index (χ0v) is 21.2. The van der Waals surface area contributed by atoms with Gasteiger partial charge in [0.2, 0.25) is 6.79 Å². The van der Waals surface area contributed by atoms with Gasteiger partial charge in [-0.15, -0.1) is 0 Å². The minimum absolute atomic E-state index is 0.0604. The fraction of sp³-hybridized carbons (Fsp3) is 0.462. The number of carbonyl (C=O) groups excluding carboxylic acids is 4. The van der Waals surface area contributed by atoms with Gasteiger partial charge in [0.25, 0.3) is 0 Å². The third kappa shape index (κ3) is 11.2. The van der Waals surface area contributed by atoms with Crippen LogP contribution in [0.25, 0.3) is 0 Å². The first-order valence-electron chi connectivity index (χ1n) is 11.7. The first-order chi connectivity index (χ1) is 17.7. The minimum atomic E-state index is -0.549. The van der Waals surface area contributed by atoms with Crippen LogP contribution in [-0.4, -0.2) is 75.1 Å². The minimum Gasteiger partial charge on any atom is -0.462 e. The number of ether oxygens (including phenoxy) is 6. The van der Waals surface area contributed by atoms with E-state index in [9.17, 15) is 19.2 Å². The van der Waals surface area contributed by atoms with E-state index in [0.717, 1.165) is 5.56 Å². The maximum Gasteiger partial charge on any atom is 0.333 e. The van der Waals surface area contributed by atoms with Gasteiger partial charge in [0.1, 0.15) is 26.4 Å². The van der Waals surface area contributed by atoms with Crippen molar-refractivity contribution in [1.29, 1.82) is 0 Å². The normalized spacial score (nSPS) is 11.5. The maximum atomic E-state index is 12.2. The van der Waals surface area contributed by atoms with Gasteiger partial charge in [0.05, 0.1) is 12.8 Å². The molecule has 1 aliphatic rings. The first-order valence-corrected chi connectivity index (χ1v) is 11.7. The number of benzene rings is 1. The molecule has 0 spiro atoms. The third-order valence-electron chi connectivity index (χ3n) is 4.96. The van der Waals surface area contributed by atoms with Crippen LogP contribution < -0.4 is 9.47 Å². The van der Waals surface area contributed by atoms with Crippen LogP contribution in [-0.2, 0) is 44.7 Å². The predicted molar refractivity (Wildman–Crippen MR) is 131 cm³/mol. The molecule has 0 bridgehead atoms. The van der Waals surface area contributed by atoms with Gasteiger partial charge in [-0.3, -0.25) is 14.5 Å². The van der Waals surface area contributed by atoms with E-state index in [1.165, 1.54) is 13.8 Å². The number of hydrogen-bond donors (Lipinski definition) is 0. The maximum absolute atomic E-state index is 12.2. The largest absolute Gasteiger partial charge is 0.462 e. The fourth-order valence-electron chi connectivity index (χ4n) is 3.04. The lowest BCUT2D eigenvalue weighted by Gasteiger charge is -2.22. The number of carbonyl (C=O) groups is 4. The van der Waals surface area contributed by atoms with Crippen LogP contribution in [0, 0.1) is 0 Å². The van der Waals surface area contributed by atoms with Gasteiger partial charge >= 0.3 is 23.9 Å². The number of esters is 4. The molecule has 2 rings (SSSR count). The summed E-state index contributed by atoms with van der Waals surface area (Å²) in [4.78, 5) is 49.0. The molecular weight excluding hydrogens is 486 g/mol. The second kappa shape index (κ2) is 15.3. The number of rotatable bonds is 16. The monoisotopic (exact) mass is 519 g/mol. The number of nitrogens with zero attached hydrogens (tertiary/aromatic N) is 1. The molecule has 11 nitrogen and oxygen atoms in total. The Balaban J connectivity index is 1.82. The molecule has 202 valence electrons. The summed E-state index contributed by atoms with van der Waals surface area (Å²) < 4.78 is 30.8. The van der Waals surface area contributed by atoms with Gasteiger partial charge in [-0.2, -0.15) is 0 Å². The average molecular weight is 520 g/mol. The molecule has 0 saturated heterocycles. The third-order valence-corrected chi connectivity index (χ3v) is 4.96. The Morgan fingerprint density at radius 1 is 0.784 bits per heavy atom. The summed E-state index contributed by atoms with van der Waals surface area (Å²) in [5, 5.41) is 0. The Morgan fingerprint density at radius 2 is 1.27 bits per heavy atom. The lowest BCUT2D eigenvalue weighted by Crippen LogP contribution is -2.29. The summed E-state index contributed by atoms with van der Waals surface area (Å²) in [6, 6.07) is 5.53. The number of hydrogen-bond acceptors (Lipinski definition) is 11. The molecule has 0 fully saturated rings. The van der Waals surface area contributed by atoms with E-state index in [0.29, 0.717) is 31.1 Å². The summed E-state index contributed by atoms with van der Waals surface area (Å²) in [5.74, 6) is -0.751. The molecule has 1 aromatic carbocycles. The van der Waals surface area contributed by atoms with Crippen molar-refractivity contribution >= 4 is 23.9 Å². The molecule has 0 aromatic heterocycles. The number of fused-ring (bicyclic) bond motifs is 1. The van der Waals surface area contributed by atoms with Crippen molar-refractivity contribution in [3.63, 3.8) is 0 Å². The van der Waals surface area contributed by atoms with Crippen LogP contribution >= 0.6 is 0 Å². The molecule has 0 amide bonds. The van der Waals surface area contributed by atoms with Crippen LogP contribution in [0.5, 0.6) is 11.5 Å². The second-order valence-electron chi connectivity index (χ2n) is 8.24. The molecule has 11 heteroatoms. The van der Waals surface area contributed by atoms with E-state index >= 15 is 0 Å². The molecule has 0 radical (unpaired) electrons. The molecule has 0 unspecified atom stereocenters. The first kappa shape index (κ1) is 29.4. The van der Waals surface area contributed by atoms with Crippen LogP contribution in [0.15, 0.2) is 42.5 Å². The van der Waals surface area contributed by atoms with Gasteiger partial charge in [-0.25, -0.2) is 9.59 Å². The standard InChI is InChI=1S/C26H33NO10/c1-18(2)25(30)34-13-11-32-23(28)7-9-27(16-20-5-6-21-22(15-20)37-17-36-21)10-8-24(29)33-12-14-35-26(31)19(3)4/h5-6,15H,1,3,7-14,16-17H2,2,4H3. The van der Waals surface area contributed by atoms with E-state index < -0.39 is 23.9 Å². The highest BCUT2D eigenvalue weighted by atomic mass is 16.7. The van der Waals surface area contributed by atoms with Gasteiger partial charge in [0, 0.05) is 30.8 Å². The molecule has 37 heavy (non-hydrogen) atoms. The van der Waals surface area contributed by atoms with Crippen LogP contribution in [0.3, 0.4) is 0 Å². The molecule has 1 aromatic rings. The predicted octanol–water partition coefficient (Wildman–Crippen LogP) is 2.32. The summed E-state index contributed by atoms with van der Waals surface area (Å²) in [6.45, 7) is 10.9. The van der Waals surface area contributed by atoms with Gasteiger partial charge in [0.15, 0.2) is 11.5 Å². The lowest BCUT2D eigenvalue weighted by molar-refractivity contribution is -0.151. The van der Waals surface area contributed by atoms with Gasteiger partial charge in [-0.1, -0.05) is 19.2 Å². The van der Waals surface area contributed by atoms with Crippen molar-refractivity contribution in [3.05, 3.63) is 48.1 Å². The van der Waals surface area contributed by atoms with Crippen molar-refractivity contribution in [2.75, 3.05) is 46.3 Å². The Hall–Kier alpha value is -3.86. The fourth-order valence-corrected chi connectivity index (χ4v) is 3.04. The smallest absolute Gasteiger partial charge is 0.333 e. The van der Waals surface area contributed by atoms with E-state index in [-0.39, 0.29) is 57.2 Å². The topological polar surface area (TPSA) is 127 Å². The highest BCUT2D eigenvalue weighted by Crippen LogP contribution is 2.32. The zero-order chi connectivity index (χ0) is 27.2. The van der Waals surface area contributed by atoms with E-state index in [2.05, 4.69) is 13.2 Å². The molecular formula is C26H33NO10. The van der Waals surface area contributed by atoms with Crippen molar-refractivity contribution in [3.8, 4) is 11.5 Å². The van der Waals surface area contributed by atoms with Crippen molar-refractivity contribution in [2.24, 2.45) is 0 Å². The highest BCUT2D eigenvalue weighted by Gasteiger charge is 2.17. The SMILES string of the molecule is C=C(C)C(=O)OCCOC(=O)CCN(CCC(=O)OCCOC(=O)C(=C)C)Cc1ccc2c(c1)OCO2. The quantitative estimate of drug-likeness (QED) is 0.138. The molecule has 1 heterocycles. The van der Waals surface area contributed by atoms with Crippen LogP contribution in [0.4, 0.5) is 0 Å². The van der Waals surface area contributed by atoms with Crippen molar-refractivity contribution in [2.45, 2.75) is 33.2 Å². The Morgan fingerprint density at radius 3 is 1.78 bits per heavy atom. The van der Waals surface area contributed by atoms with Crippen molar-refractivity contribution < 1.29 is 47.6 Å². The van der Waals surface area contributed by atoms with Crippen LogP contribution in [0.2, 0.25) is 0 Å². The molecule has 0 atom stereocenters. The van der Waals surface area contributed by atoms with Crippen LogP contribution in [0.1, 0.15) is 32.3 Å². The highest BCUT2D eigenvalue weighted by molar-refractivity contribution is 5.87. The summed E-state index contributed by atoms with van der Waals surface area (Å²) in [5.41, 5.74) is 1.43. The lowest BCUT2D eigenvalue weighted by atomic mass is 10.1. The van der Waals surface area contributed by atoms with Gasteiger partial charge < -0.3 is 28.4 Å². The molecule has 1 aliphatic heterocycles. The van der Waals surface area contributed by atoms with E-state index in [4.69, 9.17) is 28.4 Å².